The predicted octanol–water partition coefficient (Wildman–Crippen LogP) is 3.07. The first-order chi connectivity index (χ1) is 16.5. The standard InChI is InChI=1S/C25H32N6O2S/c1-29-13-15-30(16-14-29)18-20-5-3-19(4-6-20)17-26-23(32)11-12-31-24(27-28-25(31)34)21-7-9-22(33-2)10-8-21/h3-10H,11-18H2,1-2H3,(H,26,32)(H,28,34). The number of hydrogen-bond acceptors (Lipinski definition) is 6. The predicted molar refractivity (Wildman–Crippen MR) is 135 cm³/mol. The minimum absolute atomic E-state index is 0.0229. The molecule has 8 nitrogen and oxygen atoms in total. The summed E-state index contributed by atoms with van der Waals surface area (Å²) < 4.78 is 7.56. The zero-order valence-electron chi connectivity index (χ0n) is 19.8. The summed E-state index contributed by atoms with van der Waals surface area (Å²) in [6.45, 7) is 6.39. The number of aromatic amines is 1. The molecule has 9 heteroatoms. The van der Waals surface area contributed by atoms with Crippen LogP contribution in [0.3, 0.4) is 0 Å². The lowest BCUT2D eigenvalue weighted by Crippen LogP contribution is -2.43. The molecule has 1 fully saturated rings. The van der Waals surface area contributed by atoms with Crippen LogP contribution >= 0.6 is 12.2 Å². The highest BCUT2D eigenvalue weighted by Crippen LogP contribution is 2.21. The molecule has 0 bridgehead atoms. The minimum Gasteiger partial charge on any atom is -0.497 e. The van der Waals surface area contributed by atoms with E-state index in [0.717, 1.165) is 49.6 Å². The lowest BCUT2D eigenvalue weighted by molar-refractivity contribution is -0.121. The van der Waals surface area contributed by atoms with Gasteiger partial charge < -0.3 is 15.0 Å². The molecule has 0 aliphatic carbocycles. The van der Waals surface area contributed by atoms with Crippen LogP contribution in [-0.4, -0.2) is 70.8 Å². The van der Waals surface area contributed by atoms with Gasteiger partial charge in [-0.3, -0.25) is 19.4 Å². The Kier molecular flexibility index (Phi) is 8.10. The molecule has 1 aromatic heterocycles. The number of benzene rings is 2. The van der Waals surface area contributed by atoms with Crippen molar-refractivity contribution in [3.05, 3.63) is 64.4 Å². The van der Waals surface area contributed by atoms with Crippen LogP contribution in [0.1, 0.15) is 17.5 Å². The summed E-state index contributed by atoms with van der Waals surface area (Å²) in [6, 6.07) is 16.1. The van der Waals surface area contributed by atoms with Crippen LogP contribution in [0.15, 0.2) is 48.5 Å². The Hall–Kier alpha value is -3.01. The highest BCUT2D eigenvalue weighted by Gasteiger charge is 2.14. The lowest BCUT2D eigenvalue weighted by atomic mass is 10.1. The summed E-state index contributed by atoms with van der Waals surface area (Å²) in [5.74, 6) is 1.46. The number of methoxy groups -OCH3 is 1. The number of H-pyrrole nitrogens is 1. The van der Waals surface area contributed by atoms with Gasteiger partial charge in [-0.1, -0.05) is 24.3 Å². The fourth-order valence-corrected chi connectivity index (χ4v) is 4.24. The SMILES string of the molecule is COc1ccc(-c2n[nH]c(=S)n2CCC(=O)NCc2ccc(CN3CCN(C)CC3)cc2)cc1. The number of piperazine rings is 1. The first-order valence-electron chi connectivity index (χ1n) is 11.6. The van der Waals surface area contributed by atoms with E-state index in [2.05, 4.69) is 56.6 Å². The molecule has 0 saturated carbocycles. The highest BCUT2D eigenvalue weighted by molar-refractivity contribution is 7.71. The molecular weight excluding hydrogens is 448 g/mol. The Bertz CT molecular complexity index is 1130. The third kappa shape index (κ3) is 6.31. The van der Waals surface area contributed by atoms with Crippen molar-refractivity contribution in [3.63, 3.8) is 0 Å². The second-order valence-electron chi connectivity index (χ2n) is 8.66. The number of rotatable bonds is 9. The first kappa shape index (κ1) is 24.1. The van der Waals surface area contributed by atoms with E-state index in [-0.39, 0.29) is 5.91 Å². The van der Waals surface area contributed by atoms with Gasteiger partial charge in [0.2, 0.25) is 5.91 Å². The average molecular weight is 481 g/mol. The highest BCUT2D eigenvalue weighted by atomic mass is 32.1. The van der Waals surface area contributed by atoms with Crippen LogP contribution in [0, 0.1) is 4.77 Å². The number of carbonyl (C=O) groups excluding carboxylic acids is 1. The molecule has 34 heavy (non-hydrogen) atoms. The van der Waals surface area contributed by atoms with Crippen LogP contribution in [0.5, 0.6) is 5.75 Å². The van der Waals surface area contributed by atoms with Crippen molar-refractivity contribution in [2.24, 2.45) is 0 Å². The Morgan fingerprint density at radius 2 is 1.74 bits per heavy atom. The largest absolute Gasteiger partial charge is 0.497 e. The van der Waals surface area contributed by atoms with Gasteiger partial charge >= 0.3 is 0 Å². The van der Waals surface area contributed by atoms with Crippen LogP contribution in [0.2, 0.25) is 0 Å². The van der Waals surface area contributed by atoms with Crippen molar-refractivity contribution in [1.82, 2.24) is 29.9 Å². The van der Waals surface area contributed by atoms with Gasteiger partial charge in [-0.25, -0.2) is 0 Å². The number of likely N-dealkylation sites (N-methyl/N-ethyl adjacent to an activating group) is 1. The number of amides is 1. The fourth-order valence-electron chi connectivity index (χ4n) is 4.01. The molecule has 2 N–H and O–H groups in total. The van der Waals surface area contributed by atoms with Crippen LogP contribution < -0.4 is 10.1 Å². The van der Waals surface area contributed by atoms with E-state index in [0.29, 0.717) is 30.1 Å². The van der Waals surface area contributed by atoms with Crippen molar-refractivity contribution in [3.8, 4) is 17.1 Å². The van der Waals surface area contributed by atoms with Gasteiger partial charge in [-0.15, -0.1) is 0 Å². The maximum atomic E-state index is 12.5. The summed E-state index contributed by atoms with van der Waals surface area (Å²) in [5, 5.41) is 10.2. The van der Waals surface area contributed by atoms with Crippen molar-refractivity contribution in [1.29, 1.82) is 0 Å². The molecule has 0 spiro atoms. The first-order valence-corrected chi connectivity index (χ1v) is 12.0. The smallest absolute Gasteiger partial charge is 0.222 e. The van der Waals surface area contributed by atoms with Crippen LogP contribution in [-0.2, 0) is 24.4 Å². The number of carbonyl (C=O) groups is 1. The molecule has 1 aliphatic heterocycles. The van der Waals surface area contributed by atoms with Crippen molar-refractivity contribution in [2.45, 2.75) is 26.1 Å². The Labute approximate surface area is 205 Å². The van der Waals surface area contributed by atoms with Gasteiger partial charge in [0, 0.05) is 57.8 Å². The third-order valence-corrected chi connectivity index (χ3v) is 6.50. The third-order valence-electron chi connectivity index (χ3n) is 6.18. The molecule has 0 atom stereocenters. The topological polar surface area (TPSA) is 78.4 Å². The molecule has 0 radical (unpaired) electrons. The molecule has 2 heterocycles. The number of aromatic nitrogens is 3. The summed E-state index contributed by atoms with van der Waals surface area (Å²) >= 11 is 5.37. The fraction of sp³-hybridized carbons (Fsp3) is 0.400. The lowest BCUT2D eigenvalue weighted by Gasteiger charge is -2.32. The Morgan fingerprint density at radius 3 is 2.41 bits per heavy atom. The maximum absolute atomic E-state index is 12.5. The van der Waals surface area contributed by atoms with Gasteiger partial charge in [0.05, 0.1) is 7.11 Å². The van der Waals surface area contributed by atoms with Gasteiger partial charge in [0.25, 0.3) is 0 Å². The normalized spacial score (nSPS) is 14.8. The molecular formula is C25H32N6O2S. The number of ether oxygens (including phenoxy) is 1. The van der Waals surface area contributed by atoms with Gasteiger partial charge in [-0.2, -0.15) is 5.10 Å². The molecule has 1 amide bonds. The summed E-state index contributed by atoms with van der Waals surface area (Å²) in [6.07, 6.45) is 0.318. The second-order valence-corrected chi connectivity index (χ2v) is 9.04. The molecule has 180 valence electrons. The van der Waals surface area contributed by atoms with Crippen molar-refractivity contribution < 1.29 is 9.53 Å². The zero-order valence-corrected chi connectivity index (χ0v) is 20.6. The molecule has 2 aromatic carbocycles. The summed E-state index contributed by atoms with van der Waals surface area (Å²) in [4.78, 5) is 17.3. The van der Waals surface area contributed by atoms with E-state index < -0.39 is 0 Å². The van der Waals surface area contributed by atoms with E-state index in [1.54, 1.807) is 7.11 Å². The van der Waals surface area contributed by atoms with Gasteiger partial charge in [-0.05, 0) is 54.7 Å². The maximum Gasteiger partial charge on any atom is 0.222 e. The van der Waals surface area contributed by atoms with Gasteiger partial charge in [0.1, 0.15) is 5.75 Å². The van der Waals surface area contributed by atoms with Crippen molar-refractivity contribution >= 4 is 18.1 Å². The number of nitrogens with zero attached hydrogens (tertiary/aromatic N) is 4. The number of nitrogens with one attached hydrogen (secondary N) is 2. The Balaban J connectivity index is 1.26. The van der Waals surface area contributed by atoms with Crippen molar-refractivity contribution in [2.75, 3.05) is 40.3 Å². The van der Waals surface area contributed by atoms with E-state index in [1.807, 2.05) is 28.8 Å². The van der Waals surface area contributed by atoms with Crippen LogP contribution in [0.4, 0.5) is 0 Å². The molecule has 3 aromatic rings. The number of hydrogen-bond donors (Lipinski definition) is 2. The van der Waals surface area contributed by atoms with E-state index in [4.69, 9.17) is 17.0 Å². The second kappa shape index (κ2) is 11.4. The zero-order chi connectivity index (χ0) is 23.9. The summed E-state index contributed by atoms with van der Waals surface area (Å²) in [7, 11) is 3.80. The summed E-state index contributed by atoms with van der Waals surface area (Å²) in [5.41, 5.74) is 3.31. The van der Waals surface area contributed by atoms with Crippen LogP contribution in [0.25, 0.3) is 11.4 Å². The monoisotopic (exact) mass is 480 g/mol. The quantitative estimate of drug-likeness (QED) is 0.459. The van der Waals surface area contributed by atoms with E-state index in [1.165, 1.54) is 5.56 Å². The molecule has 0 unspecified atom stereocenters. The van der Waals surface area contributed by atoms with E-state index >= 15 is 0 Å². The van der Waals surface area contributed by atoms with Gasteiger partial charge in [0.15, 0.2) is 10.6 Å². The molecule has 4 rings (SSSR count). The Morgan fingerprint density at radius 1 is 1.06 bits per heavy atom. The van der Waals surface area contributed by atoms with E-state index in [9.17, 15) is 4.79 Å². The molecule has 1 saturated heterocycles. The average Bonchev–Trinajstić information content (AvgIpc) is 3.24. The minimum atomic E-state index is -0.0229. The molecule has 1 aliphatic rings.